The van der Waals surface area contributed by atoms with Crippen molar-refractivity contribution in [3.63, 3.8) is 0 Å². The zero-order valence-electron chi connectivity index (χ0n) is 9.97. The summed E-state index contributed by atoms with van der Waals surface area (Å²) < 4.78 is 10.8. The number of methoxy groups -OCH3 is 1. The molecule has 4 nitrogen and oxygen atoms in total. The lowest BCUT2D eigenvalue weighted by molar-refractivity contribution is 0.0702. The van der Waals surface area contributed by atoms with Crippen LogP contribution in [0.15, 0.2) is 30.3 Å². The lowest BCUT2D eigenvalue weighted by Crippen LogP contribution is -1.90. The van der Waals surface area contributed by atoms with Crippen molar-refractivity contribution in [2.24, 2.45) is 0 Å². The summed E-state index contributed by atoms with van der Waals surface area (Å²) in [5.74, 6) is 0.243. The SMILES string of the molecule is COc1cc(C)ccc1Oc1ccc(C(=O)O)s1. The fourth-order valence-electron chi connectivity index (χ4n) is 1.46. The monoisotopic (exact) mass is 264 g/mol. The van der Waals surface area contributed by atoms with Gasteiger partial charge in [-0.2, -0.15) is 0 Å². The Morgan fingerprint density at radius 2 is 2.00 bits per heavy atom. The minimum Gasteiger partial charge on any atom is -0.493 e. The average Bonchev–Trinajstić information content (AvgIpc) is 2.80. The molecule has 0 bridgehead atoms. The predicted molar refractivity (Wildman–Crippen MR) is 69.1 cm³/mol. The summed E-state index contributed by atoms with van der Waals surface area (Å²) >= 11 is 1.08. The van der Waals surface area contributed by atoms with Crippen LogP contribution in [-0.4, -0.2) is 18.2 Å². The van der Waals surface area contributed by atoms with Crippen molar-refractivity contribution in [3.8, 4) is 16.6 Å². The van der Waals surface area contributed by atoms with Gasteiger partial charge >= 0.3 is 5.97 Å². The molecule has 0 aliphatic heterocycles. The van der Waals surface area contributed by atoms with Crippen LogP contribution in [0.1, 0.15) is 15.2 Å². The van der Waals surface area contributed by atoms with Crippen LogP contribution in [-0.2, 0) is 0 Å². The Kier molecular flexibility index (Phi) is 3.53. The molecular formula is C13H12O4S. The largest absolute Gasteiger partial charge is 0.493 e. The molecule has 0 aliphatic rings. The summed E-state index contributed by atoms with van der Waals surface area (Å²) in [5, 5.41) is 9.35. The first kappa shape index (κ1) is 12.4. The zero-order chi connectivity index (χ0) is 13.1. The molecule has 1 heterocycles. The Balaban J connectivity index is 2.25. The maximum Gasteiger partial charge on any atom is 0.345 e. The molecule has 0 unspecified atom stereocenters. The van der Waals surface area contributed by atoms with Crippen LogP contribution in [0.25, 0.3) is 0 Å². The minimum absolute atomic E-state index is 0.246. The molecule has 1 N–H and O–H groups in total. The van der Waals surface area contributed by atoms with Gasteiger partial charge in [-0.1, -0.05) is 17.4 Å². The standard InChI is InChI=1S/C13H12O4S/c1-8-3-4-9(10(7-8)16-2)17-12-6-5-11(18-12)13(14)15/h3-7H,1-2H3,(H,14,15). The predicted octanol–water partition coefficient (Wildman–Crippen LogP) is 3.56. The Labute approximate surface area is 108 Å². The van der Waals surface area contributed by atoms with Crippen molar-refractivity contribution >= 4 is 17.3 Å². The van der Waals surface area contributed by atoms with Gasteiger partial charge in [0.25, 0.3) is 0 Å². The van der Waals surface area contributed by atoms with Gasteiger partial charge in [-0.25, -0.2) is 4.79 Å². The van der Waals surface area contributed by atoms with E-state index in [1.54, 1.807) is 19.2 Å². The van der Waals surface area contributed by atoms with E-state index in [-0.39, 0.29) is 4.88 Å². The van der Waals surface area contributed by atoms with Gasteiger partial charge in [-0.3, -0.25) is 0 Å². The molecule has 0 aliphatic carbocycles. The van der Waals surface area contributed by atoms with Gasteiger partial charge < -0.3 is 14.6 Å². The van der Waals surface area contributed by atoms with Crippen LogP contribution < -0.4 is 9.47 Å². The topological polar surface area (TPSA) is 55.8 Å². The van der Waals surface area contributed by atoms with Crippen molar-refractivity contribution in [1.82, 2.24) is 0 Å². The Hall–Kier alpha value is -2.01. The van der Waals surface area contributed by atoms with Gasteiger partial charge in [0.15, 0.2) is 16.6 Å². The fraction of sp³-hybridized carbons (Fsp3) is 0.154. The van der Waals surface area contributed by atoms with E-state index in [2.05, 4.69) is 0 Å². The number of hydrogen-bond acceptors (Lipinski definition) is 4. The first-order valence-corrected chi connectivity index (χ1v) is 6.07. The fourth-order valence-corrected chi connectivity index (χ4v) is 2.17. The van der Waals surface area contributed by atoms with E-state index in [4.69, 9.17) is 14.6 Å². The number of carboxylic acids is 1. The molecule has 0 saturated carbocycles. The maximum absolute atomic E-state index is 10.8. The first-order chi connectivity index (χ1) is 8.60. The Morgan fingerprint density at radius 1 is 1.22 bits per heavy atom. The lowest BCUT2D eigenvalue weighted by Gasteiger charge is -2.09. The highest BCUT2D eigenvalue weighted by atomic mass is 32.1. The summed E-state index contributed by atoms with van der Waals surface area (Å²) in [6.07, 6.45) is 0. The minimum atomic E-state index is -0.953. The van der Waals surface area contributed by atoms with E-state index in [1.807, 2.05) is 19.1 Å². The van der Waals surface area contributed by atoms with E-state index < -0.39 is 5.97 Å². The van der Waals surface area contributed by atoms with Crippen molar-refractivity contribution in [3.05, 3.63) is 40.8 Å². The van der Waals surface area contributed by atoms with E-state index in [1.165, 1.54) is 6.07 Å². The van der Waals surface area contributed by atoms with E-state index in [0.717, 1.165) is 16.9 Å². The molecule has 0 fully saturated rings. The van der Waals surface area contributed by atoms with Gasteiger partial charge in [-0.15, -0.1) is 0 Å². The summed E-state index contributed by atoms with van der Waals surface area (Å²) in [4.78, 5) is 11.0. The van der Waals surface area contributed by atoms with Gasteiger partial charge in [0.1, 0.15) is 4.88 Å². The van der Waals surface area contributed by atoms with Gasteiger partial charge in [0.2, 0.25) is 0 Å². The van der Waals surface area contributed by atoms with Crippen molar-refractivity contribution in [2.45, 2.75) is 6.92 Å². The van der Waals surface area contributed by atoms with Gasteiger partial charge in [-0.05, 0) is 36.8 Å². The maximum atomic E-state index is 10.8. The third-order valence-electron chi connectivity index (χ3n) is 2.32. The van der Waals surface area contributed by atoms with Crippen molar-refractivity contribution < 1.29 is 19.4 Å². The van der Waals surface area contributed by atoms with E-state index in [9.17, 15) is 4.79 Å². The number of hydrogen-bond donors (Lipinski definition) is 1. The van der Waals surface area contributed by atoms with Crippen LogP contribution in [0.5, 0.6) is 16.6 Å². The molecule has 1 aromatic heterocycles. The smallest absolute Gasteiger partial charge is 0.345 e. The average molecular weight is 264 g/mol. The molecule has 0 radical (unpaired) electrons. The zero-order valence-corrected chi connectivity index (χ0v) is 10.8. The molecule has 0 atom stereocenters. The quantitative estimate of drug-likeness (QED) is 0.917. The van der Waals surface area contributed by atoms with Crippen LogP contribution >= 0.6 is 11.3 Å². The molecule has 2 rings (SSSR count). The summed E-state index contributed by atoms with van der Waals surface area (Å²) in [5.41, 5.74) is 1.07. The highest BCUT2D eigenvalue weighted by molar-refractivity contribution is 7.15. The number of rotatable bonds is 4. The number of thiophene rings is 1. The van der Waals surface area contributed by atoms with Crippen LogP contribution in [0.3, 0.4) is 0 Å². The van der Waals surface area contributed by atoms with Gasteiger partial charge in [0.05, 0.1) is 7.11 Å². The van der Waals surface area contributed by atoms with Crippen LogP contribution in [0.4, 0.5) is 0 Å². The van der Waals surface area contributed by atoms with Crippen molar-refractivity contribution in [2.75, 3.05) is 7.11 Å². The lowest BCUT2D eigenvalue weighted by atomic mass is 10.2. The highest BCUT2D eigenvalue weighted by Crippen LogP contribution is 2.35. The molecule has 5 heteroatoms. The normalized spacial score (nSPS) is 10.1. The van der Waals surface area contributed by atoms with Gasteiger partial charge in [0, 0.05) is 0 Å². The molecule has 94 valence electrons. The van der Waals surface area contributed by atoms with Crippen LogP contribution in [0.2, 0.25) is 0 Å². The van der Waals surface area contributed by atoms with E-state index >= 15 is 0 Å². The molecule has 0 amide bonds. The summed E-state index contributed by atoms with van der Waals surface area (Å²) in [6.45, 7) is 1.96. The Bertz CT molecular complexity index is 574. The second-order valence-corrected chi connectivity index (χ2v) is 4.73. The Morgan fingerprint density at radius 3 is 2.61 bits per heavy atom. The molecule has 0 saturated heterocycles. The second kappa shape index (κ2) is 5.10. The third-order valence-corrected chi connectivity index (χ3v) is 3.27. The number of ether oxygens (including phenoxy) is 2. The summed E-state index contributed by atoms with van der Waals surface area (Å²) in [6, 6.07) is 8.72. The van der Waals surface area contributed by atoms with Crippen LogP contribution in [0, 0.1) is 6.92 Å². The number of aromatic carboxylic acids is 1. The van der Waals surface area contributed by atoms with E-state index in [0.29, 0.717) is 16.6 Å². The summed E-state index contributed by atoms with van der Waals surface area (Å²) in [7, 11) is 1.57. The van der Waals surface area contributed by atoms with Crippen molar-refractivity contribution in [1.29, 1.82) is 0 Å². The first-order valence-electron chi connectivity index (χ1n) is 5.26. The number of benzene rings is 1. The molecule has 2 aromatic rings. The molecule has 0 spiro atoms. The third kappa shape index (κ3) is 2.62. The number of aryl methyl sites for hydroxylation is 1. The second-order valence-electron chi connectivity index (χ2n) is 3.68. The highest BCUT2D eigenvalue weighted by Gasteiger charge is 2.10. The molecule has 1 aromatic carbocycles. The number of carbonyl (C=O) groups is 1. The molecule has 18 heavy (non-hydrogen) atoms. The number of carboxylic acid groups (broad SMARTS) is 1. The molecular weight excluding hydrogens is 252 g/mol.